The summed E-state index contributed by atoms with van der Waals surface area (Å²) >= 11 is 6.23. The van der Waals surface area contributed by atoms with Gasteiger partial charge in [0.15, 0.2) is 18.3 Å². The largest absolute Gasteiger partial charge is 0.438 e. The quantitative estimate of drug-likeness (QED) is 0.327. The van der Waals surface area contributed by atoms with E-state index >= 15 is 0 Å². The van der Waals surface area contributed by atoms with Crippen LogP contribution in [0.15, 0.2) is 24.3 Å². The van der Waals surface area contributed by atoms with Crippen LogP contribution in [0.25, 0.3) is 17.0 Å². The molecular weight excluding hydrogens is 406 g/mol. The summed E-state index contributed by atoms with van der Waals surface area (Å²) in [7, 11) is 0. The summed E-state index contributed by atoms with van der Waals surface area (Å²) in [4.78, 5) is 16.7. The fourth-order valence-corrected chi connectivity index (χ4v) is 4.01. The zero-order valence-corrected chi connectivity index (χ0v) is 17.9. The van der Waals surface area contributed by atoms with Crippen molar-refractivity contribution in [3.05, 3.63) is 35.0 Å². The van der Waals surface area contributed by atoms with E-state index in [-0.39, 0.29) is 25.4 Å². The normalized spacial score (nSPS) is 19.2. The molecule has 2 aromatic heterocycles. The summed E-state index contributed by atoms with van der Waals surface area (Å²) in [6.45, 7) is 4.15. The highest BCUT2D eigenvalue weighted by molar-refractivity contribution is 6.34. The standard InChI is InChI=1S/C21H26ClN5O3/c1-13-6-3-4-9-17(13)21(28)30-12-29-11-23-16-8-5-7-15(10-16)19-24-20-18(22)14(2)25-27(20)26-19/h5,7-8,10,13,17,23,25H,3-4,6,9,11-12H2,1-2H3/t13-,17+/m1/s1. The molecule has 1 aliphatic rings. The van der Waals surface area contributed by atoms with E-state index in [0.29, 0.717) is 22.4 Å². The lowest BCUT2D eigenvalue weighted by atomic mass is 9.80. The number of anilines is 1. The number of fused-ring (bicyclic) bond motifs is 1. The first-order valence-corrected chi connectivity index (χ1v) is 10.6. The molecule has 0 bridgehead atoms. The zero-order valence-electron chi connectivity index (χ0n) is 17.2. The monoisotopic (exact) mass is 431 g/mol. The second-order valence-corrected chi connectivity index (χ2v) is 8.16. The van der Waals surface area contributed by atoms with Gasteiger partial charge in [0.05, 0.1) is 11.6 Å². The van der Waals surface area contributed by atoms with Gasteiger partial charge in [-0.05, 0) is 37.8 Å². The third-order valence-corrected chi connectivity index (χ3v) is 6.06. The van der Waals surface area contributed by atoms with Gasteiger partial charge in [-0.2, -0.15) is 4.63 Å². The van der Waals surface area contributed by atoms with Crippen molar-refractivity contribution in [1.29, 1.82) is 0 Å². The van der Waals surface area contributed by atoms with Crippen LogP contribution in [0.1, 0.15) is 38.3 Å². The molecule has 1 saturated carbocycles. The van der Waals surface area contributed by atoms with E-state index in [4.69, 9.17) is 21.1 Å². The number of carbonyl (C=O) groups is 1. The highest BCUT2D eigenvalue weighted by Crippen LogP contribution is 2.30. The molecule has 0 amide bonds. The van der Waals surface area contributed by atoms with E-state index in [1.807, 2.05) is 31.2 Å². The van der Waals surface area contributed by atoms with Gasteiger partial charge in [-0.3, -0.25) is 9.89 Å². The molecule has 160 valence electrons. The summed E-state index contributed by atoms with van der Waals surface area (Å²) in [6.07, 6.45) is 4.29. The van der Waals surface area contributed by atoms with E-state index in [9.17, 15) is 4.79 Å². The summed E-state index contributed by atoms with van der Waals surface area (Å²) in [5, 5.41) is 11.2. The number of esters is 1. The number of H-pyrrole nitrogens is 1. The third kappa shape index (κ3) is 4.44. The number of hydrogen-bond acceptors (Lipinski definition) is 6. The number of benzene rings is 1. The SMILES string of the molecule is Cc1[nH]n2nc(-c3cccc(NCOCOC(=O)[C@H]4CCCC[C@H]4C)c3)nc2c1Cl. The fourth-order valence-electron chi connectivity index (χ4n) is 3.85. The molecule has 8 nitrogen and oxygen atoms in total. The number of hydrogen-bond donors (Lipinski definition) is 2. The molecule has 0 unspecified atom stereocenters. The number of aromatic nitrogens is 4. The van der Waals surface area contributed by atoms with Crippen LogP contribution < -0.4 is 5.32 Å². The van der Waals surface area contributed by atoms with Crippen LogP contribution in [-0.2, 0) is 14.3 Å². The summed E-state index contributed by atoms with van der Waals surface area (Å²) < 4.78 is 12.3. The number of halogens is 1. The Morgan fingerprint density at radius 2 is 2.20 bits per heavy atom. The third-order valence-electron chi connectivity index (χ3n) is 5.60. The smallest absolute Gasteiger partial charge is 0.311 e. The number of carbonyl (C=O) groups excluding carboxylic acids is 1. The molecule has 0 radical (unpaired) electrons. The minimum atomic E-state index is -0.153. The fraction of sp³-hybridized carbons (Fsp3) is 0.476. The Kier molecular flexibility index (Phi) is 6.24. The second kappa shape index (κ2) is 9.06. The van der Waals surface area contributed by atoms with Gasteiger partial charge >= 0.3 is 5.97 Å². The predicted octanol–water partition coefficient (Wildman–Crippen LogP) is 4.40. The van der Waals surface area contributed by atoms with E-state index in [1.54, 1.807) is 4.63 Å². The topological polar surface area (TPSA) is 93.5 Å². The lowest BCUT2D eigenvalue weighted by Crippen LogP contribution is -2.28. The lowest BCUT2D eigenvalue weighted by molar-refractivity contribution is -0.163. The van der Waals surface area contributed by atoms with E-state index < -0.39 is 0 Å². The summed E-state index contributed by atoms with van der Waals surface area (Å²) in [5.74, 6) is 0.801. The Bertz CT molecular complexity index is 1030. The maximum atomic E-state index is 12.2. The molecule has 3 aromatic rings. The van der Waals surface area contributed by atoms with Crippen molar-refractivity contribution in [2.75, 3.05) is 18.8 Å². The van der Waals surface area contributed by atoms with Gasteiger partial charge in [-0.25, -0.2) is 4.98 Å². The first kappa shape index (κ1) is 20.7. The zero-order chi connectivity index (χ0) is 21.1. The Balaban J connectivity index is 1.27. The van der Waals surface area contributed by atoms with Crippen molar-refractivity contribution in [2.45, 2.75) is 39.5 Å². The molecule has 0 aliphatic heterocycles. The van der Waals surface area contributed by atoms with Crippen LogP contribution in [0, 0.1) is 18.8 Å². The number of aryl methyl sites for hydroxylation is 1. The van der Waals surface area contributed by atoms with Crippen LogP contribution >= 0.6 is 11.6 Å². The maximum absolute atomic E-state index is 12.2. The molecule has 2 atom stereocenters. The second-order valence-electron chi connectivity index (χ2n) is 7.78. The van der Waals surface area contributed by atoms with Crippen LogP contribution in [0.5, 0.6) is 0 Å². The Morgan fingerprint density at radius 1 is 1.37 bits per heavy atom. The highest BCUT2D eigenvalue weighted by Gasteiger charge is 2.28. The molecule has 30 heavy (non-hydrogen) atoms. The molecule has 1 fully saturated rings. The van der Waals surface area contributed by atoms with Gasteiger partial charge < -0.3 is 14.8 Å². The Labute approximate surface area is 179 Å². The van der Waals surface area contributed by atoms with Gasteiger partial charge in [0.25, 0.3) is 0 Å². The first-order valence-electron chi connectivity index (χ1n) is 10.2. The summed E-state index contributed by atoms with van der Waals surface area (Å²) in [5.41, 5.74) is 3.12. The highest BCUT2D eigenvalue weighted by atomic mass is 35.5. The molecule has 0 saturated heterocycles. The number of rotatable bonds is 7. The van der Waals surface area contributed by atoms with Crippen molar-refractivity contribution in [1.82, 2.24) is 19.8 Å². The van der Waals surface area contributed by atoms with Gasteiger partial charge in [0.2, 0.25) is 0 Å². The molecular formula is C21H26ClN5O3. The Morgan fingerprint density at radius 3 is 3.00 bits per heavy atom. The summed E-state index contributed by atoms with van der Waals surface area (Å²) in [6, 6.07) is 7.68. The van der Waals surface area contributed by atoms with Crippen molar-refractivity contribution in [2.24, 2.45) is 11.8 Å². The molecule has 2 heterocycles. The van der Waals surface area contributed by atoms with E-state index in [0.717, 1.165) is 36.2 Å². The van der Waals surface area contributed by atoms with Crippen molar-refractivity contribution < 1.29 is 14.3 Å². The molecule has 1 aliphatic carbocycles. The minimum Gasteiger partial charge on any atom is -0.438 e. The molecule has 4 rings (SSSR count). The van der Waals surface area contributed by atoms with Gasteiger partial charge in [-0.1, -0.05) is 43.5 Å². The first-order chi connectivity index (χ1) is 14.5. The van der Waals surface area contributed by atoms with Crippen molar-refractivity contribution in [3.8, 4) is 11.4 Å². The van der Waals surface area contributed by atoms with Crippen molar-refractivity contribution in [3.63, 3.8) is 0 Å². The molecule has 9 heteroatoms. The number of nitrogens with one attached hydrogen (secondary N) is 2. The van der Waals surface area contributed by atoms with Crippen molar-refractivity contribution >= 4 is 28.9 Å². The van der Waals surface area contributed by atoms with E-state index in [1.165, 1.54) is 6.42 Å². The minimum absolute atomic E-state index is 0.00217. The molecule has 2 N–H and O–H groups in total. The Hall–Kier alpha value is -2.58. The van der Waals surface area contributed by atoms with Crippen LogP contribution in [-0.4, -0.2) is 39.3 Å². The number of nitrogens with zero attached hydrogens (tertiary/aromatic N) is 3. The lowest BCUT2D eigenvalue weighted by Gasteiger charge is -2.26. The van der Waals surface area contributed by atoms with Gasteiger partial charge in [-0.15, -0.1) is 5.10 Å². The average molecular weight is 432 g/mol. The number of aromatic amines is 1. The maximum Gasteiger partial charge on any atom is 0.311 e. The van der Waals surface area contributed by atoms with E-state index in [2.05, 4.69) is 27.4 Å². The molecule has 1 aromatic carbocycles. The molecule has 0 spiro atoms. The predicted molar refractivity (Wildman–Crippen MR) is 114 cm³/mol. The van der Waals surface area contributed by atoms with Crippen LogP contribution in [0.3, 0.4) is 0 Å². The average Bonchev–Trinajstić information content (AvgIpc) is 3.27. The van der Waals surface area contributed by atoms with Gasteiger partial charge in [0.1, 0.15) is 11.8 Å². The number of ether oxygens (including phenoxy) is 2. The van der Waals surface area contributed by atoms with Gasteiger partial charge in [0, 0.05) is 11.3 Å². The van der Waals surface area contributed by atoms with Crippen LogP contribution in [0.2, 0.25) is 5.02 Å². The van der Waals surface area contributed by atoms with Crippen LogP contribution in [0.4, 0.5) is 5.69 Å².